The second-order valence-corrected chi connectivity index (χ2v) is 6.19. The maximum absolute atomic E-state index is 11.3. The molecule has 0 aliphatic carbocycles. The second-order valence-electron chi connectivity index (χ2n) is 4.17. The number of pyridine rings is 1. The van der Waals surface area contributed by atoms with Gasteiger partial charge in [-0.2, -0.15) is 0 Å². The van der Waals surface area contributed by atoms with Crippen molar-refractivity contribution in [1.82, 2.24) is 4.98 Å². The van der Waals surface area contributed by atoms with Crippen LogP contribution in [0.5, 0.6) is 0 Å². The molecule has 0 amide bonds. The van der Waals surface area contributed by atoms with Gasteiger partial charge in [0.1, 0.15) is 5.82 Å². The van der Waals surface area contributed by atoms with Gasteiger partial charge in [0, 0.05) is 25.5 Å². The molecule has 0 unspecified atom stereocenters. The van der Waals surface area contributed by atoms with Gasteiger partial charge < -0.3 is 4.90 Å². The lowest BCUT2D eigenvalue weighted by molar-refractivity contribution is 0.573. The van der Waals surface area contributed by atoms with Crippen LogP contribution in [0, 0.1) is 0 Å². The number of hydrogen-bond acceptors (Lipinski definition) is 4. The lowest BCUT2D eigenvalue weighted by atomic mass is 10.1. The molecule has 0 N–H and O–H groups in total. The summed E-state index contributed by atoms with van der Waals surface area (Å²) in [6.07, 6.45) is 6.30. The van der Waals surface area contributed by atoms with E-state index in [4.69, 9.17) is 0 Å². The molecule has 1 aliphatic rings. The Morgan fingerprint density at radius 3 is 2.38 bits per heavy atom. The van der Waals surface area contributed by atoms with Crippen LogP contribution >= 0.6 is 0 Å². The molecule has 88 valence electrons. The van der Waals surface area contributed by atoms with Gasteiger partial charge in [-0.15, -0.1) is 0 Å². The number of sulfone groups is 1. The summed E-state index contributed by atoms with van der Waals surface area (Å²) in [5.41, 5.74) is 0. The van der Waals surface area contributed by atoms with Gasteiger partial charge in [-0.1, -0.05) is 0 Å². The van der Waals surface area contributed by atoms with Crippen LogP contribution in [0.4, 0.5) is 5.82 Å². The van der Waals surface area contributed by atoms with E-state index in [1.807, 2.05) is 0 Å². The zero-order chi connectivity index (χ0) is 11.6. The predicted molar refractivity (Wildman–Crippen MR) is 63.4 cm³/mol. The van der Waals surface area contributed by atoms with E-state index >= 15 is 0 Å². The molecule has 1 fully saturated rings. The highest BCUT2D eigenvalue weighted by molar-refractivity contribution is 7.90. The van der Waals surface area contributed by atoms with Crippen molar-refractivity contribution in [2.45, 2.75) is 24.2 Å². The molecule has 0 aromatic carbocycles. The van der Waals surface area contributed by atoms with E-state index in [-0.39, 0.29) is 4.90 Å². The number of piperidine rings is 1. The van der Waals surface area contributed by atoms with Gasteiger partial charge in [-0.25, -0.2) is 13.4 Å². The Labute approximate surface area is 96.2 Å². The average molecular weight is 240 g/mol. The molecule has 0 radical (unpaired) electrons. The highest BCUT2D eigenvalue weighted by Gasteiger charge is 2.13. The van der Waals surface area contributed by atoms with Gasteiger partial charge in [-0.3, -0.25) is 0 Å². The number of aromatic nitrogens is 1. The Morgan fingerprint density at radius 2 is 1.88 bits per heavy atom. The first-order chi connectivity index (χ1) is 7.57. The smallest absolute Gasteiger partial charge is 0.177 e. The third kappa shape index (κ3) is 2.52. The first-order valence-electron chi connectivity index (χ1n) is 5.48. The molecular formula is C11H16N2O2S. The molecule has 2 rings (SSSR count). The first kappa shape index (κ1) is 11.4. The van der Waals surface area contributed by atoms with E-state index in [1.54, 1.807) is 12.1 Å². The van der Waals surface area contributed by atoms with Crippen molar-refractivity contribution in [1.29, 1.82) is 0 Å². The normalized spacial score (nSPS) is 17.4. The molecule has 2 heterocycles. The molecule has 5 heteroatoms. The van der Waals surface area contributed by atoms with E-state index < -0.39 is 9.84 Å². The van der Waals surface area contributed by atoms with Crippen LogP contribution in [-0.2, 0) is 9.84 Å². The Kier molecular flexibility index (Phi) is 3.14. The fourth-order valence-electron chi connectivity index (χ4n) is 1.90. The molecule has 1 saturated heterocycles. The number of hydrogen-bond donors (Lipinski definition) is 0. The van der Waals surface area contributed by atoms with Gasteiger partial charge in [0.25, 0.3) is 0 Å². The van der Waals surface area contributed by atoms with Gasteiger partial charge in [0.15, 0.2) is 9.84 Å². The SMILES string of the molecule is CS(=O)(=O)c1ccc(N2CCCCC2)nc1. The summed E-state index contributed by atoms with van der Waals surface area (Å²) in [6, 6.07) is 3.42. The van der Waals surface area contributed by atoms with Crippen LogP contribution in [0.1, 0.15) is 19.3 Å². The largest absolute Gasteiger partial charge is 0.357 e. The summed E-state index contributed by atoms with van der Waals surface area (Å²) in [6.45, 7) is 2.04. The van der Waals surface area contributed by atoms with Gasteiger partial charge >= 0.3 is 0 Å². The summed E-state index contributed by atoms with van der Waals surface area (Å²) in [7, 11) is -3.13. The zero-order valence-corrected chi connectivity index (χ0v) is 10.2. The van der Waals surface area contributed by atoms with Crippen molar-refractivity contribution in [3.63, 3.8) is 0 Å². The standard InChI is InChI=1S/C11H16N2O2S/c1-16(14,15)10-5-6-11(12-9-10)13-7-3-2-4-8-13/h5-6,9H,2-4,7-8H2,1H3. The van der Waals surface area contributed by atoms with Crippen molar-refractivity contribution >= 4 is 15.7 Å². The number of rotatable bonds is 2. The molecule has 1 aliphatic heterocycles. The average Bonchev–Trinajstić information content (AvgIpc) is 2.29. The Balaban J connectivity index is 2.18. The Morgan fingerprint density at radius 1 is 1.19 bits per heavy atom. The molecule has 1 aromatic heterocycles. The summed E-state index contributed by atoms with van der Waals surface area (Å²) < 4.78 is 22.5. The third-order valence-electron chi connectivity index (χ3n) is 2.83. The van der Waals surface area contributed by atoms with Gasteiger partial charge in [-0.05, 0) is 31.4 Å². The van der Waals surface area contributed by atoms with Crippen molar-refractivity contribution < 1.29 is 8.42 Å². The van der Waals surface area contributed by atoms with Crippen molar-refractivity contribution in [2.75, 3.05) is 24.2 Å². The van der Waals surface area contributed by atoms with Crippen LogP contribution in [0.25, 0.3) is 0 Å². The van der Waals surface area contributed by atoms with Crippen LogP contribution in [0.15, 0.2) is 23.2 Å². The molecular weight excluding hydrogens is 224 g/mol. The lowest BCUT2D eigenvalue weighted by Gasteiger charge is -2.27. The highest BCUT2D eigenvalue weighted by Crippen LogP contribution is 2.18. The molecule has 0 spiro atoms. The fourth-order valence-corrected chi connectivity index (χ4v) is 2.46. The minimum atomic E-state index is -3.13. The van der Waals surface area contributed by atoms with Gasteiger partial charge in [0.2, 0.25) is 0 Å². The molecule has 0 atom stereocenters. The molecule has 0 bridgehead atoms. The summed E-state index contributed by atoms with van der Waals surface area (Å²) in [4.78, 5) is 6.70. The fraction of sp³-hybridized carbons (Fsp3) is 0.545. The molecule has 16 heavy (non-hydrogen) atoms. The zero-order valence-electron chi connectivity index (χ0n) is 9.39. The summed E-state index contributed by atoms with van der Waals surface area (Å²) in [5, 5.41) is 0. The second kappa shape index (κ2) is 4.41. The van der Waals surface area contributed by atoms with E-state index in [2.05, 4.69) is 9.88 Å². The minimum Gasteiger partial charge on any atom is -0.357 e. The van der Waals surface area contributed by atoms with Crippen LogP contribution in [0.2, 0.25) is 0 Å². The number of anilines is 1. The third-order valence-corrected chi connectivity index (χ3v) is 3.93. The minimum absolute atomic E-state index is 0.285. The van der Waals surface area contributed by atoms with Crippen LogP contribution in [0.3, 0.4) is 0 Å². The number of nitrogens with zero attached hydrogens (tertiary/aromatic N) is 2. The quantitative estimate of drug-likeness (QED) is 0.785. The van der Waals surface area contributed by atoms with E-state index in [1.165, 1.54) is 31.7 Å². The maximum atomic E-state index is 11.3. The van der Waals surface area contributed by atoms with Crippen molar-refractivity contribution in [2.24, 2.45) is 0 Å². The van der Waals surface area contributed by atoms with Gasteiger partial charge in [0.05, 0.1) is 4.90 Å². The van der Waals surface area contributed by atoms with E-state index in [9.17, 15) is 8.42 Å². The molecule has 4 nitrogen and oxygen atoms in total. The van der Waals surface area contributed by atoms with E-state index in [0.717, 1.165) is 18.9 Å². The van der Waals surface area contributed by atoms with E-state index in [0.29, 0.717) is 0 Å². The maximum Gasteiger partial charge on any atom is 0.177 e. The van der Waals surface area contributed by atoms with Crippen LogP contribution < -0.4 is 4.90 Å². The molecule has 1 aromatic rings. The predicted octanol–water partition coefficient (Wildman–Crippen LogP) is 1.48. The van der Waals surface area contributed by atoms with Crippen molar-refractivity contribution in [3.8, 4) is 0 Å². The first-order valence-corrected chi connectivity index (χ1v) is 7.37. The molecule has 0 saturated carbocycles. The summed E-state index contributed by atoms with van der Waals surface area (Å²) in [5.74, 6) is 0.882. The Bertz CT molecular complexity index is 447. The van der Waals surface area contributed by atoms with Crippen LogP contribution in [-0.4, -0.2) is 32.7 Å². The Hall–Kier alpha value is -1.10. The summed E-state index contributed by atoms with van der Waals surface area (Å²) >= 11 is 0. The highest BCUT2D eigenvalue weighted by atomic mass is 32.2. The van der Waals surface area contributed by atoms with Crippen molar-refractivity contribution in [3.05, 3.63) is 18.3 Å². The monoisotopic (exact) mass is 240 g/mol. The lowest BCUT2D eigenvalue weighted by Crippen LogP contribution is -2.30. The topological polar surface area (TPSA) is 50.3 Å².